The number of hydrogen-bond acceptors (Lipinski definition) is 4. The van der Waals surface area contributed by atoms with E-state index in [2.05, 4.69) is 10.1 Å². The van der Waals surface area contributed by atoms with Crippen LogP contribution in [0.15, 0.2) is 24.5 Å². The van der Waals surface area contributed by atoms with E-state index in [9.17, 15) is 9.59 Å². The fourth-order valence-corrected chi connectivity index (χ4v) is 2.34. The molecule has 0 aliphatic carbocycles. The van der Waals surface area contributed by atoms with E-state index in [0.29, 0.717) is 22.1 Å². The highest BCUT2D eigenvalue weighted by Crippen LogP contribution is 2.36. The molecular formula is C12H9ClN4O2. The van der Waals surface area contributed by atoms with Gasteiger partial charge in [0.15, 0.2) is 0 Å². The molecule has 0 saturated carbocycles. The van der Waals surface area contributed by atoms with Gasteiger partial charge < -0.3 is 0 Å². The number of anilines is 1. The van der Waals surface area contributed by atoms with Gasteiger partial charge in [0.05, 0.1) is 22.8 Å². The van der Waals surface area contributed by atoms with Crippen molar-refractivity contribution >= 4 is 29.0 Å². The third-order valence-corrected chi connectivity index (χ3v) is 3.35. The van der Waals surface area contributed by atoms with Crippen LogP contribution in [0.1, 0.15) is 16.2 Å². The van der Waals surface area contributed by atoms with Crippen molar-refractivity contribution in [1.29, 1.82) is 0 Å². The summed E-state index contributed by atoms with van der Waals surface area (Å²) in [7, 11) is 1.72. The topological polar surface area (TPSA) is 68.1 Å². The number of carbonyl (C=O) groups excluding carboxylic acids is 2. The highest BCUT2D eigenvalue weighted by molar-refractivity contribution is 6.54. The number of benzene rings is 1. The number of para-hydroxylation sites is 1. The quantitative estimate of drug-likeness (QED) is 0.773. The predicted molar refractivity (Wildman–Crippen MR) is 68.0 cm³/mol. The number of hydrogen-bond donors (Lipinski definition) is 0. The summed E-state index contributed by atoms with van der Waals surface area (Å²) >= 11 is 6.09. The van der Waals surface area contributed by atoms with Crippen molar-refractivity contribution in [3.8, 4) is 0 Å². The minimum absolute atomic E-state index is 0.164. The molecule has 0 fully saturated rings. The molecule has 3 rings (SSSR count). The number of halogens is 1. The van der Waals surface area contributed by atoms with E-state index in [-0.39, 0.29) is 6.54 Å². The lowest BCUT2D eigenvalue weighted by Gasteiger charge is -2.16. The first-order valence-corrected chi connectivity index (χ1v) is 5.95. The smallest absolute Gasteiger partial charge is 0.296 e. The third-order valence-electron chi connectivity index (χ3n) is 3.05. The minimum atomic E-state index is -0.592. The van der Waals surface area contributed by atoms with E-state index >= 15 is 0 Å². The van der Waals surface area contributed by atoms with Crippen LogP contribution in [0.2, 0.25) is 5.02 Å². The van der Waals surface area contributed by atoms with Gasteiger partial charge in [0.1, 0.15) is 12.2 Å². The maximum atomic E-state index is 12.0. The van der Waals surface area contributed by atoms with Crippen LogP contribution in [0, 0.1) is 0 Å². The molecule has 2 heterocycles. The Kier molecular flexibility index (Phi) is 2.60. The molecule has 0 atom stereocenters. The van der Waals surface area contributed by atoms with Crippen LogP contribution in [0.5, 0.6) is 0 Å². The molecule has 0 radical (unpaired) electrons. The second-order valence-electron chi connectivity index (χ2n) is 4.16. The van der Waals surface area contributed by atoms with Crippen molar-refractivity contribution in [3.63, 3.8) is 0 Å². The van der Waals surface area contributed by atoms with Gasteiger partial charge in [-0.1, -0.05) is 17.7 Å². The largest absolute Gasteiger partial charge is 0.299 e. The van der Waals surface area contributed by atoms with Crippen molar-refractivity contribution in [2.45, 2.75) is 6.54 Å². The van der Waals surface area contributed by atoms with Crippen molar-refractivity contribution in [1.82, 2.24) is 14.8 Å². The van der Waals surface area contributed by atoms with Crippen molar-refractivity contribution in [3.05, 3.63) is 40.9 Å². The van der Waals surface area contributed by atoms with Crippen LogP contribution >= 0.6 is 11.6 Å². The Morgan fingerprint density at radius 3 is 2.79 bits per heavy atom. The molecule has 2 aromatic rings. The molecule has 0 bridgehead atoms. The van der Waals surface area contributed by atoms with Crippen LogP contribution in [-0.4, -0.2) is 26.5 Å². The number of ketones is 1. The number of carbonyl (C=O) groups is 2. The highest BCUT2D eigenvalue weighted by atomic mass is 35.5. The normalized spacial score (nSPS) is 14.1. The number of aryl methyl sites for hydroxylation is 1. The van der Waals surface area contributed by atoms with Gasteiger partial charge in [-0.3, -0.25) is 19.2 Å². The fraction of sp³-hybridized carbons (Fsp3) is 0.167. The summed E-state index contributed by atoms with van der Waals surface area (Å²) in [4.78, 5) is 29.3. The SMILES string of the molecule is Cn1ncnc1CN1C(=O)C(=O)c2cccc(Cl)c21. The molecule has 0 spiro atoms. The van der Waals surface area contributed by atoms with Gasteiger partial charge in [-0.2, -0.15) is 5.10 Å². The van der Waals surface area contributed by atoms with Gasteiger partial charge >= 0.3 is 0 Å². The van der Waals surface area contributed by atoms with Gasteiger partial charge in [0, 0.05) is 7.05 Å². The number of Topliss-reactive ketones (excluding diaryl/α,β-unsaturated/α-hetero) is 1. The summed E-state index contributed by atoms with van der Waals surface area (Å²) in [5.74, 6) is -0.556. The predicted octanol–water partition coefficient (Wildman–Crippen LogP) is 1.20. The number of nitrogens with zero attached hydrogens (tertiary/aromatic N) is 4. The molecule has 1 aromatic heterocycles. The zero-order valence-electron chi connectivity index (χ0n) is 10.00. The van der Waals surface area contributed by atoms with E-state index in [1.54, 1.807) is 29.9 Å². The van der Waals surface area contributed by atoms with Crippen molar-refractivity contribution < 1.29 is 9.59 Å². The molecule has 1 aromatic carbocycles. The first-order valence-electron chi connectivity index (χ1n) is 5.57. The molecule has 7 heteroatoms. The molecular weight excluding hydrogens is 268 g/mol. The molecule has 0 N–H and O–H groups in total. The molecule has 96 valence electrons. The third kappa shape index (κ3) is 1.72. The van der Waals surface area contributed by atoms with Gasteiger partial charge in [0.25, 0.3) is 11.7 Å². The first-order chi connectivity index (χ1) is 9.09. The molecule has 0 saturated heterocycles. The average Bonchev–Trinajstić information content (AvgIpc) is 2.89. The summed E-state index contributed by atoms with van der Waals surface area (Å²) < 4.78 is 1.55. The Bertz CT molecular complexity index is 695. The number of fused-ring (bicyclic) bond motifs is 1. The van der Waals surface area contributed by atoms with Crippen molar-refractivity contribution in [2.24, 2.45) is 7.05 Å². The van der Waals surface area contributed by atoms with Crippen LogP contribution in [0.25, 0.3) is 0 Å². The van der Waals surface area contributed by atoms with E-state index in [1.165, 1.54) is 11.2 Å². The molecule has 0 unspecified atom stereocenters. The Balaban J connectivity index is 2.07. The summed E-state index contributed by atoms with van der Waals surface area (Å²) in [5.41, 5.74) is 0.779. The Morgan fingerprint density at radius 1 is 1.32 bits per heavy atom. The monoisotopic (exact) mass is 276 g/mol. The van der Waals surface area contributed by atoms with Crippen LogP contribution in [0.4, 0.5) is 5.69 Å². The molecule has 1 amide bonds. The number of aromatic nitrogens is 3. The van der Waals surface area contributed by atoms with Gasteiger partial charge in [-0.15, -0.1) is 0 Å². The fourth-order valence-electron chi connectivity index (χ4n) is 2.07. The molecule has 19 heavy (non-hydrogen) atoms. The molecule has 1 aliphatic rings. The second-order valence-corrected chi connectivity index (χ2v) is 4.56. The van der Waals surface area contributed by atoms with Crippen molar-refractivity contribution in [2.75, 3.05) is 4.90 Å². The highest BCUT2D eigenvalue weighted by Gasteiger charge is 2.37. The summed E-state index contributed by atoms with van der Waals surface area (Å²) in [5, 5.41) is 4.30. The standard InChI is InChI=1S/C12H9ClN4O2/c1-16-9(14-6-15-16)5-17-10-7(11(18)12(17)19)3-2-4-8(10)13/h2-4,6H,5H2,1H3. The van der Waals surface area contributed by atoms with E-state index in [4.69, 9.17) is 11.6 Å². The van der Waals surface area contributed by atoms with Crippen LogP contribution in [0.3, 0.4) is 0 Å². The average molecular weight is 277 g/mol. The lowest BCUT2D eigenvalue weighted by Crippen LogP contribution is -2.30. The Morgan fingerprint density at radius 2 is 2.11 bits per heavy atom. The zero-order valence-corrected chi connectivity index (χ0v) is 10.8. The summed E-state index contributed by atoms with van der Waals surface area (Å²) in [6.07, 6.45) is 1.39. The number of rotatable bonds is 2. The molecule has 6 nitrogen and oxygen atoms in total. The Hall–Kier alpha value is -2.21. The first kappa shape index (κ1) is 11.9. The van der Waals surface area contributed by atoms with Crippen LogP contribution in [-0.2, 0) is 18.4 Å². The second kappa shape index (κ2) is 4.17. The maximum absolute atomic E-state index is 12.0. The molecule has 1 aliphatic heterocycles. The maximum Gasteiger partial charge on any atom is 0.299 e. The number of amides is 1. The minimum Gasteiger partial charge on any atom is -0.296 e. The lowest BCUT2D eigenvalue weighted by molar-refractivity contribution is -0.114. The summed E-state index contributed by atoms with van der Waals surface area (Å²) in [6, 6.07) is 4.90. The van der Waals surface area contributed by atoms with Gasteiger partial charge in [0.2, 0.25) is 0 Å². The van der Waals surface area contributed by atoms with Gasteiger partial charge in [-0.25, -0.2) is 4.98 Å². The van der Waals surface area contributed by atoms with E-state index < -0.39 is 11.7 Å². The van der Waals surface area contributed by atoms with Gasteiger partial charge in [-0.05, 0) is 12.1 Å². The van der Waals surface area contributed by atoms with E-state index in [0.717, 1.165) is 0 Å². The summed E-state index contributed by atoms with van der Waals surface area (Å²) in [6.45, 7) is 0.164. The zero-order chi connectivity index (χ0) is 13.6. The lowest BCUT2D eigenvalue weighted by atomic mass is 10.1. The Labute approximate surface area is 113 Å². The van der Waals surface area contributed by atoms with E-state index in [1.807, 2.05) is 0 Å². The van der Waals surface area contributed by atoms with Crippen LogP contribution < -0.4 is 4.90 Å².